The summed E-state index contributed by atoms with van der Waals surface area (Å²) in [5.41, 5.74) is 5.99. The van der Waals surface area contributed by atoms with Crippen LogP contribution < -0.4 is 5.73 Å². The fourth-order valence-corrected chi connectivity index (χ4v) is 1.69. The number of nitrogen functional groups attached to an aromatic ring is 1. The maximum Gasteiger partial charge on any atom is 0.183 e. The third-order valence-electron chi connectivity index (χ3n) is 2.52. The molecule has 3 rings (SSSR count). The SMILES string of the molecule is Nc1ncnc2nc(-c3c(F)cccc3F)[nH]c12. The van der Waals surface area contributed by atoms with Gasteiger partial charge in [-0.15, -0.1) is 0 Å². The molecule has 0 amide bonds. The van der Waals surface area contributed by atoms with Crippen molar-refractivity contribution < 1.29 is 8.78 Å². The van der Waals surface area contributed by atoms with Crippen molar-refractivity contribution >= 4 is 17.0 Å². The number of benzene rings is 1. The zero-order valence-electron chi connectivity index (χ0n) is 8.98. The highest BCUT2D eigenvalue weighted by atomic mass is 19.1. The van der Waals surface area contributed by atoms with Crippen molar-refractivity contribution in [3.8, 4) is 11.4 Å². The van der Waals surface area contributed by atoms with Crippen molar-refractivity contribution in [2.45, 2.75) is 0 Å². The van der Waals surface area contributed by atoms with E-state index in [2.05, 4.69) is 19.9 Å². The number of rotatable bonds is 1. The van der Waals surface area contributed by atoms with Gasteiger partial charge in [0.25, 0.3) is 0 Å². The van der Waals surface area contributed by atoms with Crippen LogP contribution in [0, 0.1) is 11.6 Å². The maximum absolute atomic E-state index is 13.6. The Kier molecular flexibility index (Phi) is 2.19. The van der Waals surface area contributed by atoms with E-state index in [0.29, 0.717) is 5.52 Å². The highest BCUT2D eigenvalue weighted by molar-refractivity contribution is 5.84. The molecule has 7 heteroatoms. The van der Waals surface area contributed by atoms with Crippen LogP contribution >= 0.6 is 0 Å². The molecule has 2 heterocycles. The van der Waals surface area contributed by atoms with E-state index in [1.165, 1.54) is 12.4 Å². The lowest BCUT2D eigenvalue weighted by molar-refractivity contribution is 0.588. The molecule has 0 aliphatic heterocycles. The number of nitrogens with zero attached hydrogens (tertiary/aromatic N) is 3. The van der Waals surface area contributed by atoms with Gasteiger partial charge in [-0.1, -0.05) is 6.07 Å². The molecule has 2 aromatic heterocycles. The molecule has 90 valence electrons. The second kappa shape index (κ2) is 3.73. The lowest BCUT2D eigenvalue weighted by Crippen LogP contribution is -1.92. The van der Waals surface area contributed by atoms with Gasteiger partial charge in [0.2, 0.25) is 0 Å². The summed E-state index contributed by atoms with van der Waals surface area (Å²) in [6.45, 7) is 0. The summed E-state index contributed by atoms with van der Waals surface area (Å²) < 4.78 is 27.2. The lowest BCUT2D eigenvalue weighted by Gasteiger charge is -1.99. The molecule has 0 saturated heterocycles. The zero-order chi connectivity index (χ0) is 12.7. The molecule has 0 fully saturated rings. The van der Waals surface area contributed by atoms with Gasteiger partial charge in [0.15, 0.2) is 11.5 Å². The Bertz CT molecular complexity index is 717. The number of H-pyrrole nitrogens is 1. The van der Waals surface area contributed by atoms with Gasteiger partial charge >= 0.3 is 0 Å². The monoisotopic (exact) mass is 247 g/mol. The Hall–Kier alpha value is -2.57. The number of halogens is 2. The minimum Gasteiger partial charge on any atom is -0.382 e. The molecule has 0 spiro atoms. The molecule has 18 heavy (non-hydrogen) atoms. The first-order chi connectivity index (χ1) is 8.66. The van der Waals surface area contributed by atoms with Crippen LogP contribution in [0.3, 0.4) is 0 Å². The van der Waals surface area contributed by atoms with Crippen LogP contribution in [0.25, 0.3) is 22.6 Å². The number of hydrogen-bond donors (Lipinski definition) is 2. The predicted molar refractivity (Wildman–Crippen MR) is 61.4 cm³/mol. The average Bonchev–Trinajstić information content (AvgIpc) is 2.74. The second-order valence-electron chi connectivity index (χ2n) is 3.64. The summed E-state index contributed by atoms with van der Waals surface area (Å²) in [5, 5.41) is 0. The molecular weight excluding hydrogens is 240 g/mol. The Labute approximate surface area is 99.7 Å². The highest BCUT2D eigenvalue weighted by Gasteiger charge is 2.16. The molecule has 5 nitrogen and oxygen atoms in total. The summed E-state index contributed by atoms with van der Waals surface area (Å²) >= 11 is 0. The largest absolute Gasteiger partial charge is 0.382 e. The fraction of sp³-hybridized carbons (Fsp3) is 0. The molecule has 0 atom stereocenters. The predicted octanol–water partition coefficient (Wildman–Crippen LogP) is 1.88. The van der Waals surface area contributed by atoms with E-state index in [1.807, 2.05) is 0 Å². The second-order valence-corrected chi connectivity index (χ2v) is 3.64. The highest BCUT2D eigenvalue weighted by Crippen LogP contribution is 2.26. The summed E-state index contributed by atoms with van der Waals surface area (Å²) in [6, 6.07) is 3.59. The number of nitrogens with one attached hydrogen (secondary N) is 1. The van der Waals surface area contributed by atoms with E-state index in [9.17, 15) is 8.78 Å². The topological polar surface area (TPSA) is 80.5 Å². The molecule has 0 aliphatic carbocycles. The zero-order valence-corrected chi connectivity index (χ0v) is 8.98. The lowest BCUT2D eigenvalue weighted by atomic mass is 10.2. The number of aromatic nitrogens is 4. The van der Waals surface area contributed by atoms with E-state index >= 15 is 0 Å². The first-order valence-electron chi connectivity index (χ1n) is 5.07. The molecule has 1 aromatic carbocycles. The van der Waals surface area contributed by atoms with Gasteiger partial charge in [0, 0.05) is 0 Å². The van der Waals surface area contributed by atoms with Crippen molar-refractivity contribution in [2.75, 3.05) is 5.73 Å². The van der Waals surface area contributed by atoms with Crippen molar-refractivity contribution in [1.29, 1.82) is 0 Å². The molecule has 0 radical (unpaired) electrons. The van der Waals surface area contributed by atoms with Crippen molar-refractivity contribution in [3.05, 3.63) is 36.2 Å². The van der Waals surface area contributed by atoms with E-state index in [0.717, 1.165) is 12.1 Å². The van der Waals surface area contributed by atoms with Gasteiger partial charge in [-0.25, -0.2) is 23.7 Å². The van der Waals surface area contributed by atoms with Crippen LogP contribution in [-0.2, 0) is 0 Å². The van der Waals surface area contributed by atoms with E-state index in [4.69, 9.17) is 5.73 Å². The Morgan fingerprint density at radius 1 is 1.11 bits per heavy atom. The molecule has 3 aromatic rings. The van der Waals surface area contributed by atoms with Crippen LogP contribution in [0.1, 0.15) is 0 Å². The number of nitrogens with two attached hydrogens (primary N) is 1. The van der Waals surface area contributed by atoms with E-state index < -0.39 is 11.6 Å². The number of anilines is 1. The summed E-state index contributed by atoms with van der Waals surface area (Å²) in [5.74, 6) is -1.20. The fourth-order valence-electron chi connectivity index (χ4n) is 1.69. The maximum atomic E-state index is 13.6. The Morgan fingerprint density at radius 3 is 2.50 bits per heavy atom. The Balaban J connectivity index is 2.30. The Morgan fingerprint density at radius 2 is 1.83 bits per heavy atom. The molecule has 0 bridgehead atoms. The molecule has 0 unspecified atom stereocenters. The van der Waals surface area contributed by atoms with Crippen LogP contribution in [0.4, 0.5) is 14.6 Å². The van der Waals surface area contributed by atoms with Crippen LogP contribution in [0.2, 0.25) is 0 Å². The van der Waals surface area contributed by atoms with Gasteiger partial charge in [-0.3, -0.25) is 0 Å². The van der Waals surface area contributed by atoms with Crippen molar-refractivity contribution in [1.82, 2.24) is 19.9 Å². The molecule has 0 aliphatic rings. The van der Waals surface area contributed by atoms with Gasteiger partial charge in [-0.2, -0.15) is 0 Å². The standard InChI is InChI=1S/C11H7F2N5/c12-5-2-1-3-6(13)7(5)10-17-8-9(14)15-4-16-11(8)18-10/h1-4H,(H3,14,15,16,17,18). The average molecular weight is 247 g/mol. The smallest absolute Gasteiger partial charge is 0.183 e. The van der Waals surface area contributed by atoms with E-state index in [-0.39, 0.29) is 22.9 Å². The van der Waals surface area contributed by atoms with Gasteiger partial charge < -0.3 is 10.7 Å². The van der Waals surface area contributed by atoms with Crippen LogP contribution in [0.15, 0.2) is 24.5 Å². The summed E-state index contributed by atoms with van der Waals surface area (Å²) in [4.78, 5) is 14.4. The first kappa shape index (κ1) is 10.6. The van der Waals surface area contributed by atoms with Gasteiger partial charge in [-0.05, 0) is 12.1 Å². The third kappa shape index (κ3) is 1.48. The number of aromatic amines is 1. The third-order valence-corrected chi connectivity index (χ3v) is 2.52. The van der Waals surface area contributed by atoms with Crippen molar-refractivity contribution in [3.63, 3.8) is 0 Å². The minimum atomic E-state index is -0.708. The van der Waals surface area contributed by atoms with Crippen molar-refractivity contribution in [2.24, 2.45) is 0 Å². The number of hydrogen-bond acceptors (Lipinski definition) is 4. The molecule has 0 saturated carbocycles. The minimum absolute atomic E-state index is 0.0350. The summed E-state index contributed by atoms with van der Waals surface area (Å²) in [6.07, 6.45) is 1.24. The quantitative estimate of drug-likeness (QED) is 0.688. The first-order valence-corrected chi connectivity index (χ1v) is 5.07. The van der Waals surface area contributed by atoms with E-state index in [1.54, 1.807) is 0 Å². The normalized spacial score (nSPS) is 11.0. The molecular formula is C11H7F2N5. The number of imidazole rings is 1. The number of fused-ring (bicyclic) bond motifs is 1. The molecule has 3 N–H and O–H groups in total. The van der Waals surface area contributed by atoms with Gasteiger partial charge in [0.05, 0.1) is 5.56 Å². The van der Waals surface area contributed by atoms with Gasteiger partial charge in [0.1, 0.15) is 29.3 Å². The summed E-state index contributed by atoms with van der Waals surface area (Å²) in [7, 11) is 0. The van der Waals surface area contributed by atoms with Crippen LogP contribution in [0.5, 0.6) is 0 Å². The van der Waals surface area contributed by atoms with Crippen LogP contribution in [-0.4, -0.2) is 19.9 Å².